The summed E-state index contributed by atoms with van der Waals surface area (Å²) in [6.07, 6.45) is -0.801. The van der Waals surface area contributed by atoms with Gasteiger partial charge in [-0.15, -0.1) is 0 Å². The monoisotopic (exact) mass is 447 g/mol. The van der Waals surface area contributed by atoms with Crippen LogP contribution in [0.5, 0.6) is 5.75 Å². The Kier molecular flexibility index (Phi) is 8.40. The molecule has 0 bridgehead atoms. The Labute approximate surface area is 188 Å². The van der Waals surface area contributed by atoms with Gasteiger partial charge in [0.25, 0.3) is 0 Å². The lowest BCUT2D eigenvalue weighted by Gasteiger charge is -2.32. The minimum Gasteiger partial charge on any atom is -0.497 e. The van der Waals surface area contributed by atoms with Crippen LogP contribution in [0.3, 0.4) is 0 Å². The number of aliphatic hydroxyl groups is 2. The zero-order chi connectivity index (χ0) is 24.1. The van der Waals surface area contributed by atoms with E-state index in [1.165, 1.54) is 6.08 Å². The van der Waals surface area contributed by atoms with Crippen molar-refractivity contribution in [2.24, 2.45) is 11.1 Å². The molecule has 1 aliphatic carbocycles. The highest BCUT2D eigenvalue weighted by Gasteiger charge is 2.35. The molecule has 9 heteroatoms. The molecule has 9 nitrogen and oxygen atoms in total. The largest absolute Gasteiger partial charge is 0.497 e. The van der Waals surface area contributed by atoms with E-state index >= 15 is 0 Å². The van der Waals surface area contributed by atoms with Crippen LogP contribution in [0, 0.1) is 5.41 Å². The van der Waals surface area contributed by atoms with Gasteiger partial charge in [0, 0.05) is 24.8 Å². The molecule has 0 saturated heterocycles. The van der Waals surface area contributed by atoms with Crippen molar-refractivity contribution in [3.05, 3.63) is 41.5 Å². The van der Waals surface area contributed by atoms with Crippen LogP contribution in [0.1, 0.15) is 39.2 Å². The van der Waals surface area contributed by atoms with Gasteiger partial charge in [-0.25, -0.2) is 0 Å². The van der Waals surface area contributed by atoms with Gasteiger partial charge in [0.1, 0.15) is 17.9 Å². The normalized spacial score (nSPS) is 21.8. The number of nitrogens with two attached hydrogens (primary N) is 1. The van der Waals surface area contributed by atoms with E-state index in [9.17, 15) is 24.6 Å². The van der Waals surface area contributed by atoms with Gasteiger partial charge in [-0.05, 0) is 23.1 Å². The van der Waals surface area contributed by atoms with Crippen molar-refractivity contribution < 1.29 is 29.3 Å². The van der Waals surface area contributed by atoms with Crippen molar-refractivity contribution in [3.8, 4) is 5.75 Å². The molecule has 32 heavy (non-hydrogen) atoms. The Bertz CT molecular complexity index is 859. The van der Waals surface area contributed by atoms with Crippen LogP contribution in [0.2, 0.25) is 0 Å². The number of benzene rings is 1. The van der Waals surface area contributed by atoms with Crippen LogP contribution in [-0.4, -0.2) is 59.3 Å². The predicted molar refractivity (Wildman–Crippen MR) is 119 cm³/mol. The minimum absolute atomic E-state index is 0.118. The summed E-state index contributed by atoms with van der Waals surface area (Å²) in [6, 6.07) is 5.10. The Balaban J connectivity index is 2.11. The number of primary amides is 1. The number of aliphatic hydroxyl groups excluding tert-OH is 2. The number of nitrogens with one attached hydrogen (secondary N) is 2. The van der Waals surface area contributed by atoms with Crippen molar-refractivity contribution in [2.45, 2.75) is 64.3 Å². The Morgan fingerprint density at radius 1 is 1.19 bits per heavy atom. The van der Waals surface area contributed by atoms with Gasteiger partial charge in [0.2, 0.25) is 17.7 Å². The summed E-state index contributed by atoms with van der Waals surface area (Å²) < 4.78 is 5.11. The van der Waals surface area contributed by atoms with Crippen molar-refractivity contribution in [1.29, 1.82) is 0 Å². The molecule has 0 radical (unpaired) electrons. The lowest BCUT2D eigenvalue weighted by molar-refractivity contribution is -0.126. The number of hydrogen-bond acceptors (Lipinski definition) is 6. The van der Waals surface area contributed by atoms with Crippen LogP contribution in [0.25, 0.3) is 0 Å². The van der Waals surface area contributed by atoms with Crippen LogP contribution in [0.4, 0.5) is 0 Å². The van der Waals surface area contributed by atoms with Crippen LogP contribution >= 0.6 is 0 Å². The summed E-state index contributed by atoms with van der Waals surface area (Å²) in [5, 5.41) is 25.7. The van der Waals surface area contributed by atoms with Gasteiger partial charge in [0.15, 0.2) is 0 Å². The molecular formula is C23H33N3O6. The lowest BCUT2D eigenvalue weighted by atomic mass is 9.88. The highest BCUT2D eigenvalue weighted by atomic mass is 16.5. The van der Waals surface area contributed by atoms with Crippen molar-refractivity contribution in [3.63, 3.8) is 0 Å². The molecule has 0 aromatic heterocycles. The number of rotatable bonds is 8. The Morgan fingerprint density at radius 3 is 2.34 bits per heavy atom. The molecule has 0 fully saturated rings. The summed E-state index contributed by atoms with van der Waals surface area (Å²) in [7, 11) is 1.55. The molecule has 2 rings (SSSR count). The standard InChI is InChI=1S/C23H33N3O6/c1-23(2,3)12-19(28)25-16-10-14(11-18(27)20(16)29)22(31)26-17(21(24)30)9-13-5-7-15(32-4)8-6-13/h5-8,10,16-18,20,27,29H,9,11-12H2,1-4H3,(H2,24,30)(H,25,28)(H,26,31). The molecule has 0 aliphatic heterocycles. The third kappa shape index (κ3) is 7.35. The van der Waals surface area contributed by atoms with Crippen molar-refractivity contribution in [1.82, 2.24) is 10.6 Å². The fraction of sp³-hybridized carbons (Fsp3) is 0.522. The number of amides is 3. The summed E-state index contributed by atoms with van der Waals surface area (Å²) >= 11 is 0. The molecule has 0 heterocycles. The lowest BCUT2D eigenvalue weighted by Crippen LogP contribution is -2.52. The van der Waals surface area contributed by atoms with Gasteiger partial charge in [0.05, 0.1) is 19.3 Å². The first-order valence-electron chi connectivity index (χ1n) is 10.5. The maximum absolute atomic E-state index is 12.8. The van der Waals surface area contributed by atoms with Crippen molar-refractivity contribution >= 4 is 17.7 Å². The molecule has 4 atom stereocenters. The molecule has 1 aliphatic rings. The van der Waals surface area contributed by atoms with Gasteiger partial charge >= 0.3 is 0 Å². The fourth-order valence-electron chi connectivity index (χ4n) is 3.45. The summed E-state index contributed by atoms with van der Waals surface area (Å²) in [5.41, 5.74) is 6.14. The number of carbonyl (C=O) groups excluding carboxylic acids is 3. The first-order valence-corrected chi connectivity index (χ1v) is 10.5. The van der Waals surface area contributed by atoms with Crippen molar-refractivity contribution in [2.75, 3.05) is 7.11 Å². The predicted octanol–water partition coefficient (Wildman–Crippen LogP) is 0.181. The molecular weight excluding hydrogens is 414 g/mol. The first kappa shape index (κ1) is 25.4. The van der Waals surface area contributed by atoms with E-state index in [-0.39, 0.29) is 36.2 Å². The summed E-state index contributed by atoms with van der Waals surface area (Å²) in [6.45, 7) is 5.71. The Hall–Kier alpha value is -2.91. The van der Waals surface area contributed by atoms with Gasteiger partial charge < -0.3 is 31.3 Å². The van der Waals surface area contributed by atoms with E-state index < -0.39 is 36.1 Å². The fourth-order valence-corrected chi connectivity index (χ4v) is 3.45. The number of ether oxygens (including phenoxy) is 1. The van der Waals surface area contributed by atoms with E-state index in [0.717, 1.165) is 5.56 Å². The van der Waals surface area contributed by atoms with E-state index in [2.05, 4.69) is 10.6 Å². The van der Waals surface area contributed by atoms with E-state index in [1.807, 2.05) is 20.8 Å². The second kappa shape index (κ2) is 10.6. The molecule has 3 amide bonds. The average molecular weight is 448 g/mol. The average Bonchev–Trinajstić information content (AvgIpc) is 2.69. The topological polar surface area (TPSA) is 151 Å². The summed E-state index contributed by atoms with van der Waals surface area (Å²) in [4.78, 5) is 37.0. The van der Waals surface area contributed by atoms with E-state index in [1.54, 1.807) is 31.4 Å². The molecule has 176 valence electrons. The Morgan fingerprint density at radius 2 is 1.81 bits per heavy atom. The molecule has 0 spiro atoms. The van der Waals surface area contributed by atoms with Crippen LogP contribution < -0.4 is 21.1 Å². The zero-order valence-corrected chi connectivity index (χ0v) is 18.9. The molecule has 0 saturated carbocycles. The maximum atomic E-state index is 12.8. The second-order valence-corrected chi connectivity index (χ2v) is 9.27. The third-order valence-electron chi connectivity index (χ3n) is 5.13. The highest BCUT2D eigenvalue weighted by Crippen LogP contribution is 2.22. The van der Waals surface area contributed by atoms with Gasteiger partial charge in [-0.1, -0.05) is 39.0 Å². The molecule has 1 aromatic rings. The minimum atomic E-state index is -1.25. The SMILES string of the molecule is COc1ccc(CC(NC(=O)C2=CC(NC(=O)CC(C)(C)C)C(O)C(O)C2)C(N)=O)cc1. The van der Waals surface area contributed by atoms with Gasteiger partial charge in [-0.2, -0.15) is 0 Å². The maximum Gasteiger partial charge on any atom is 0.247 e. The number of methoxy groups -OCH3 is 1. The van der Waals surface area contributed by atoms with Crippen LogP contribution in [0.15, 0.2) is 35.9 Å². The molecule has 4 unspecified atom stereocenters. The number of hydrogen-bond donors (Lipinski definition) is 5. The first-order chi connectivity index (χ1) is 14.9. The quantitative estimate of drug-likeness (QED) is 0.384. The number of carbonyl (C=O) groups is 3. The molecule has 6 N–H and O–H groups in total. The van der Waals surface area contributed by atoms with E-state index in [4.69, 9.17) is 10.5 Å². The van der Waals surface area contributed by atoms with E-state index in [0.29, 0.717) is 5.75 Å². The molecule has 1 aromatic carbocycles. The zero-order valence-electron chi connectivity index (χ0n) is 18.9. The third-order valence-corrected chi connectivity index (χ3v) is 5.13. The smallest absolute Gasteiger partial charge is 0.247 e. The second-order valence-electron chi connectivity index (χ2n) is 9.27. The van der Waals surface area contributed by atoms with Crippen LogP contribution in [-0.2, 0) is 20.8 Å². The van der Waals surface area contributed by atoms with Gasteiger partial charge in [-0.3, -0.25) is 14.4 Å². The highest BCUT2D eigenvalue weighted by molar-refractivity contribution is 5.97. The summed E-state index contributed by atoms with van der Waals surface area (Å²) in [5.74, 6) is -0.946.